The molecular formula is C12H14O4. The van der Waals surface area contributed by atoms with E-state index in [9.17, 15) is 14.7 Å². The van der Waals surface area contributed by atoms with Crippen molar-refractivity contribution in [3.8, 4) is 0 Å². The minimum Gasteiger partial charge on any atom is -0.479 e. The molecule has 0 heterocycles. The number of carboxylic acids is 1. The SMILES string of the molecule is CCC(=O)c1ccc(C)cc1C(O)C(=O)O. The Morgan fingerprint density at radius 1 is 1.38 bits per heavy atom. The molecule has 0 spiro atoms. The summed E-state index contributed by atoms with van der Waals surface area (Å²) in [5, 5.41) is 18.2. The summed E-state index contributed by atoms with van der Waals surface area (Å²) in [6.07, 6.45) is -1.37. The molecule has 2 N–H and O–H groups in total. The summed E-state index contributed by atoms with van der Waals surface area (Å²) in [6, 6.07) is 4.81. The fourth-order valence-corrected chi connectivity index (χ4v) is 1.49. The molecule has 16 heavy (non-hydrogen) atoms. The van der Waals surface area contributed by atoms with E-state index in [1.54, 1.807) is 26.0 Å². The van der Waals surface area contributed by atoms with Crippen molar-refractivity contribution >= 4 is 11.8 Å². The standard InChI is InChI=1S/C12H14O4/c1-3-10(13)8-5-4-7(2)6-9(8)11(14)12(15)16/h4-6,11,14H,3H2,1-2H3,(H,15,16). The van der Waals surface area contributed by atoms with E-state index in [0.717, 1.165) is 5.56 Å². The van der Waals surface area contributed by atoms with Gasteiger partial charge in [0.15, 0.2) is 11.9 Å². The second-order valence-electron chi connectivity index (χ2n) is 3.61. The summed E-state index contributed by atoms with van der Waals surface area (Å²) in [7, 11) is 0. The lowest BCUT2D eigenvalue weighted by molar-refractivity contribution is -0.146. The first kappa shape index (κ1) is 12.4. The first-order valence-corrected chi connectivity index (χ1v) is 5.02. The van der Waals surface area contributed by atoms with E-state index < -0.39 is 12.1 Å². The summed E-state index contributed by atoms with van der Waals surface area (Å²) in [5.74, 6) is -1.52. The van der Waals surface area contributed by atoms with Crippen molar-refractivity contribution in [3.05, 3.63) is 34.9 Å². The molecule has 0 radical (unpaired) electrons. The first-order valence-electron chi connectivity index (χ1n) is 5.02. The van der Waals surface area contributed by atoms with Gasteiger partial charge in [-0.25, -0.2) is 4.79 Å². The molecule has 0 saturated heterocycles. The number of aliphatic hydroxyl groups excluding tert-OH is 1. The minimum absolute atomic E-state index is 0.166. The fourth-order valence-electron chi connectivity index (χ4n) is 1.49. The number of carbonyl (C=O) groups excluding carboxylic acids is 1. The van der Waals surface area contributed by atoms with Gasteiger partial charge in [-0.2, -0.15) is 0 Å². The summed E-state index contributed by atoms with van der Waals surface area (Å²) in [5.41, 5.74) is 1.25. The van der Waals surface area contributed by atoms with E-state index >= 15 is 0 Å². The Morgan fingerprint density at radius 3 is 2.50 bits per heavy atom. The number of ketones is 1. The van der Waals surface area contributed by atoms with Gasteiger partial charge in [0.2, 0.25) is 0 Å². The van der Waals surface area contributed by atoms with Crippen LogP contribution in [0.3, 0.4) is 0 Å². The van der Waals surface area contributed by atoms with Crippen LogP contribution >= 0.6 is 0 Å². The van der Waals surface area contributed by atoms with Gasteiger partial charge in [0.05, 0.1) is 0 Å². The van der Waals surface area contributed by atoms with Crippen LogP contribution in [0.5, 0.6) is 0 Å². The molecule has 1 atom stereocenters. The number of hydrogen-bond donors (Lipinski definition) is 2. The summed E-state index contributed by atoms with van der Waals surface area (Å²) in [4.78, 5) is 22.3. The molecule has 1 unspecified atom stereocenters. The predicted molar refractivity (Wildman–Crippen MR) is 58.4 cm³/mol. The van der Waals surface area contributed by atoms with Gasteiger partial charge in [-0.1, -0.05) is 30.7 Å². The van der Waals surface area contributed by atoms with Gasteiger partial charge in [-0.15, -0.1) is 0 Å². The molecule has 4 nitrogen and oxygen atoms in total. The number of aliphatic carboxylic acids is 1. The monoisotopic (exact) mass is 222 g/mol. The van der Waals surface area contributed by atoms with E-state index in [1.807, 2.05) is 0 Å². The Labute approximate surface area is 93.5 Å². The maximum atomic E-state index is 11.6. The highest BCUT2D eigenvalue weighted by Crippen LogP contribution is 2.21. The zero-order valence-electron chi connectivity index (χ0n) is 9.23. The quantitative estimate of drug-likeness (QED) is 0.760. The van der Waals surface area contributed by atoms with Crippen molar-refractivity contribution in [1.29, 1.82) is 0 Å². The van der Waals surface area contributed by atoms with Gasteiger partial charge in [0.1, 0.15) is 0 Å². The third kappa shape index (κ3) is 2.46. The van der Waals surface area contributed by atoms with E-state index in [0.29, 0.717) is 0 Å². The van der Waals surface area contributed by atoms with Gasteiger partial charge in [0.25, 0.3) is 0 Å². The molecule has 0 aliphatic rings. The number of aryl methyl sites for hydroxylation is 1. The van der Waals surface area contributed by atoms with Crippen LogP contribution in [0.4, 0.5) is 0 Å². The summed E-state index contributed by atoms with van der Waals surface area (Å²) >= 11 is 0. The fraction of sp³-hybridized carbons (Fsp3) is 0.333. The Kier molecular flexibility index (Phi) is 3.79. The number of carbonyl (C=O) groups is 2. The van der Waals surface area contributed by atoms with E-state index in [2.05, 4.69) is 0 Å². The number of carboxylic acid groups (broad SMARTS) is 1. The highest BCUT2D eigenvalue weighted by atomic mass is 16.4. The van der Waals surface area contributed by atoms with Crippen LogP contribution in [0, 0.1) is 6.92 Å². The van der Waals surface area contributed by atoms with Gasteiger partial charge in [-0.3, -0.25) is 4.79 Å². The molecular weight excluding hydrogens is 208 g/mol. The highest BCUT2D eigenvalue weighted by Gasteiger charge is 2.22. The van der Waals surface area contributed by atoms with Crippen molar-refractivity contribution in [3.63, 3.8) is 0 Å². The van der Waals surface area contributed by atoms with Crippen molar-refractivity contribution in [2.45, 2.75) is 26.4 Å². The molecule has 1 aromatic carbocycles. The first-order chi connectivity index (χ1) is 7.47. The van der Waals surface area contributed by atoms with Gasteiger partial charge < -0.3 is 10.2 Å². The minimum atomic E-state index is -1.65. The van der Waals surface area contributed by atoms with Crippen LogP contribution in [0.25, 0.3) is 0 Å². The topological polar surface area (TPSA) is 74.6 Å². The van der Waals surface area contributed by atoms with Crippen LogP contribution in [0.2, 0.25) is 0 Å². The third-order valence-electron chi connectivity index (χ3n) is 2.36. The lowest BCUT2D eigenvalue weighted by Gasteiger charge is -2.11. The van der Waals surface area contributed by atoms with Crippen molar-refractivity contribution in [1.82, 2.24) is 0 Å². The van der Waals surface area contributed by atoms with Crippen molar-refractivity contribution < 1.29 is 19.8 Å². The molecule has 86 valence electrons. The highest BCUT2D eigenvalue weighted by molar-refractivity contribution is 5.98. The van der Waals surface area contributed by atoms with Crippen molar-refractivity contribution in [2.75, 3.05) is 0 Å². The Balaban J connectivity index is 3.28. The van der Waals surface area contributed by atoms with Gasteiger partial charge >= 0.3 is 5.97 Å². The number of Topliss-reactive ketones (excluding diaryl/α,β-unsaturated/α-hetero) is 1. The normalized spacial score (nSPS) is 12.2. The molecule has 1 aromatic rings. The molecule has 4 heteroatoms. The average Bonchev–Trinajstić information content (AvgIpc) is 2.26. The number of hydrogen-bond acceptors (Lipinski definition) is 3. The van der Waals surface area contributed by atoms with Crippen LogP contribution in [0.15, 0.2) is 18.2 Å². The number of benzene rings is 1. The summed E-state index contributed by atoms with van der Waals surface area (Å²) < 4.78 is 0. The Bertz CT molecular complexity index is 423. The molecule has 0 aliphatic carbocycles. The second kappa shape index (κ2) is 4.90. The van der Waals surface area contributed by atoms with Crippen LogP contribution in [0.1, 0.15) is 40.9 Å². The molecule has 0 fully saturated rings. The lowest BCUT2D eigenvalue weighted by atomic mass is 9.96. The molecule has 0 aliphatic heterocycles. The Hall–Kier alpha value is -1.68. The number of aliphatic hydroxyl groups is 1. The average molecular weight is 222 g/mol. The predicted octanol–water partition coefficient (Wildman–Crippen LogP) is 1.71. The maximum absolute atomic E-state index is 11.6. The maximum Gasteiger partial charge on any atom is 0.337 e. The number of rotatable bonds is 4. The van der Waals surface area contributed by atoms with E-state index in [1.165, 1.54) is 6.07 Å². The zero-order chi connectivity index (χ0) is 12.3. The van der Waals surface area contributed by atoms with E-state index in [-0.39, 0.29) is 23.3 Å². The summed E-state index contributed by atoms with van der Waals surface area (Å²) in [6.45, 7) is 3.47. The van der Waals surface area contributed by atoms with Crippen LogP contribution < -0.4 is 0 Å². The molecule has 0 aromatic heterocycles. The Morgan fingerprint density at radius 2 is 2.00 bits per heavy atom. The van der Waals surface area contributed by atoms with Gasteiger partial charge in [-0.05, 0) is 6.92 Å². The largest absolute Gasteiger partial charge is 0.479 e. The van der Waals surface area contributed by atoms with Crippen LogP contribution in [-0.4, -0.2) is 22.0 Å². The van der Waals surface area contributed by atoms with Crippen molar-refractivity contribution in [2.24, 2.45) is 0 Å². The molecule has 0 amide bonds. The third-order valence-corrected chi connectivity index (χ3v) is 2.36. The second-order valence-corrected chi connectivity index (χ2v) is 3.61. The van der Waals surface area contributed by atoms with Gasteiger partial charge in [0, 0.05) is 17.5 Å². The molecule has 0 saturated carbocycles. The van der Waals surface area contributed by atoms with E-state index in [4.69, 9.17) is 5.11 Å². The molecule has 0 bridgehead atoms. The lowest BCUT2D eigenvalue weighted by Crippen LogP contribution is -2.15. The van der Waals surface area contributed by atoms with Crippen LogP contribution in [-0.2, 0) is 4.79 Å². The zero-order valence-corrected chi connectivity index (χ0v) is 9.23. The molecule has 1 rings (SSSR count). The smallest absolute Gasteiger partial charge is 0.337 e.